The topological polar surface area (TPSA) is 17.1 Å². The van der Waals surface area contributed by atoms with Crippen molar-refractivity contribution in [3.8, 4) is 0 Å². The molecule has 0 heterocycles. The van der Waals surface area contributed by atoms with Gasteiger partial charge in [-0.1, -0.05) is 44.8 Å². The largest absolute Gasteiger partial charge is 0.303 e. The van der Waals surface area contributed by atoms with Gasteiger partial charge in [0.15, 0.2) is 0 Å². The molecule has 0 fully saturated rings. The third-order valence-electron chi connectivity index (χ3n) is 3.40. The number of hydrogen-bond acceptors (Lipinski definition) is 1. The Morgan fingerprint density at radius 3 is 2.93 bits per heavy atom. The summed E-state index contributed by atoms with van der Waals surface area (Å²) in [5.74, 6) is 1.13. The molecule has 0 saturated carbocycles. The highest BCUT2D eigenvalue weighted by Crippen LogP contribution is 2.30. The Kier molecular flexibility index (Phi) is 5.67. The number of unbranched alkanes of at least 4 members (excludes halogenated alkanes) is 1. The predicted molar refractivity (Wildman–Crippen MR) is 64.8 cm³/mol. The zero-order chi connectivity index (χ0) is 11.1. The van der Waals surface area contributed by atoms with Crippen LogP contribution in [0, 0.1) is 11.8 Å². The molecule has 1 aliphatic carbocycles. The highest BCUT2D eigenvalue weighted by Gasteiger charge is 2.15. The fraction of sp³-hybridized carbons (Fsp3) is 0.786. The van der Waals surface area contributed by atoms with Gasteiger partial charge in [-0.3, -0.25) is 0 Å². The van der Waals surface area contributed by atoms with Crippen molar-refractivity contribution >= 4 is 6.29 Å². The molecule has 0 radical (unpaired) electrons. The lowest BCUT2D eigenvalue weighted by Crippen LogP contribution is -2.08. The molecule has 0 amide bonds. The summed E-state index contributed by atoms with van der Waals surface area (Å²) in [6, 6.07) is 0. The van der Waals surface area contributed by atoms with E-state index in [1.807, 2.05) is 6.92 Å². The number of allylic oxidation sites excluding steroid dienone is 2. The van der Waals surface area contributed by atoms with Gasteiger partial charge in [-0.2, -0.15) is 0 Å². The van der Waals surface area contributed by atoms with Crippen LogP contribution in [-0.4, -0.2) is 6.29 Å². The molecule has 0 N–H and O–H groups in total. The maximum absolute atomic E-state index is 10.6. The van der Waals surface area contributed by atoms with Crippen molar-refractivity contribution in [2.45, 2.75) is 58.8 Å². The van der Waals surface area contributed by atoms with Crippen LogP contribution in [0.2, 0.25) is 0 Å². The summed E-state index contributed by atoms with van der Waals surface area (Å²) >= 11 is 0. The van der Waals surface area contributed by atoms with Crippen LogP contribution in [0.25, 0.3) is 0 Å². The first-order valence-electron chi connectivity index (χ1n) is 6.39. The summed E-state index contributed by atoms with van der Waals surface area (Å²) in [7, 11) is 0. The third kappa shape index (κ3) is 4.63. The molecule has 1 heteroatoms. The number of rotatable bonds is 6. The van der Waals surface area contributed by atoms with Crippen LogP contribution in [0.15, 0.2) is 11.6 Å². The van der Waals surface area contributed by atoms with E-state index >= 15 is 0 Å². The van der Waals surface area contributed by atoms with E-state index in [2.05, 4.69) is 13.0 Å². The molecule has 1 aliphatic rings. The second-order valence-electron chi connectivity index (χ2n) is 4.96. The Morgan fingerprint density at radius 1 is 1.60 bits per heavy atom. The van der Waals surface area contributed by atoms with Gasteiger partial charge in [-0.15, -0.1) is 0 Å². The van der Waals surface area contributed by atoms with Crippen LogP contribution in [-0.2, 0) is 4.79 Å². The molecule has 1 rings (SSSR count). The van der Waals surface area contributed by atoms with Crippen LogP contribution < -0.4 is 0 Å². The maximum atomic E-state index is 10.6. The molecular weight excluding hydrogens is 184 g/mol. The SMILES string of the molecule is CCCCC1CC=C(CC(C)C=O)CC1. The van der Waals surface area contributed by atoms with Gasteiger partial charge in [0.05, 0.1) is 0 Å². The molecule has 0 spiro atoms. The van der Waals surface area contributed by atoms with Crippen LogP contribution in [0.1, 0.15) is 58.8 Å². The first kappa shape index (κ1) is 12.5. The summed E-state index contributed by atoms with van der Waals surface area (Å²) in [5.41, 5.74) is 1.52. The molecule has 0 aromatic heterocycles. The van der Waals surface area contributed by atoms with Gasteiger partial charge in [-0.25, -0.2) is 0 Å². The van der Waals surface area contributed by atoms with E-state index in [9.17, 15) is 4.79 Å². The molecule has 0 saturated heterocycles. The average molecular weight is 208 g/mol. The Bertz CT molecular complexity index is 217. The number of aldehydes is 1. The minimum atomic E-state index is 0.212. The lowest BCUT2D eigenvalue weighted by atomic mass is 9.84. The molecule has 2 atom stereocenters. The summed E-state index contributed by atoms with van der Waals surface area (Å²) in [6.07, 6.45) is 12.4. The van der Waals surface area contributed by atoms with Crippen molar-refractivity contribution in [1.29, 1.82) is 0 Å². The number of carbonyl (C=O) groups is 1. The van der Waals surface area contributed by atoms with Crippen molar-refractivity contribution in [3.63, 3.8) is 0 Å². The molecule has 2 unspecified atom stereocenters. The fourth-order valence-electron chi connectivity index (χ4n) is 2.34. The summed E-state index contributed by atoms with van der Waals surface area (Å²) in [5, 5.41) is 0. The lowest BCUT2D eigenvalue weighted by Gasteiger charge is -2.22. The van der Waals surface area contributed by atoms with Gasteiger partial charge < -0.3 is 4.79 Å². The van der Waals surface area contributed by atoms with Crippen molar-refractivity contribution in [2.24, 2.45) is 11.8 Å². The third-order valence-corrected chi connectivity index (χ3v) is 3.40. The quantitative estimate of drug-likeness (QED) is 0.474. The van der Waals surface area contributed by atoms with E-state index in [0.717, 1.165) is 18.6 Å². The predicted octanol–water partition coefficient (Wildman–Crippen LogP) is 4.13. The zero-order valence-electron chi connectivity index (χ0n) is 10.2. The smallest absolute Gasteiger partial charge is 0.123 e. The highest BCUT2D eigenvalue weighted by atomic mass is 16.1. The van der Waals surface area contributed by atoms with Crippen LogP contribution >= 0.6 is 0 Å². The average Bonchev–Trinajstić information content (AvgIpc) is 2.28. The molecule has 0 aliphatic heterocycles. The zero-order valence-corrected chi connectivity index (χ0v) is 10.2. The Balaban J connectivity index is 2.28. The first-order chi connectivity index (χ1) is 7.26. The normalized spacial score (nSPS) is 23.3. The summed E-state index contributed by atoms with van der Waals surface area (Å²) < 4.78 is 0. The number of carbonyl (C=O) groups excluding carboxylic acids is 1. The Morgan fingerprint density at radius 2 is 2.40 bits per heavy atom. The fourth-order valence-corrected chi connectivity index (χ4v) is 2.34. The van der Waals surface area contributed by atoms with Gasteiger partial charge in [0.1, 0.15) is 6.29 Å². The highest BCUT2D eigenvalue weighted by molar-refractivity contribution is 5.53. The van der Waals surface area contributed by atoms with Crippen molar-refractivity contribution in [1.82, 2.24) is 0 Å². The maximum Gasteiger partial charge on any atom is 0.123 e. The van der Waals surface area contributed by atoms with Gasteiger partial charge in [0.25, 0.3) is 0 Å². The Hall–Kier alpha value is -0.590. The molecule has 1 nitrogen and oxygen atoms in total. The van der Waals surface area contributed by atoms with Crippen LogP contribution in [0.3, 0.4) is 0 Å². The van der Waals surface area contributed by atoms with Gasteiger partial charge >= 0.3 is 0 Å². The van der Waals surface area contributed by atoms with E-state index in [1.165, 1.54) is 44.1 Å². The van der Waals surface area contributed by atoms with E-state index < -0.39 is 0 Å². The van der Waals surface area contributed by atoms with Gasteiger partial charge in [0, 0.05) is 5.92 Å². The molecular formula is C14H24O. The number of hydrogen-bond donors (Lipinski definition) is 0. The van der Waals surface area contributed by atoms with Crippen LogP contribution in [0.5, 0.6) is 0 Å². The summed E-state index contributed by atoms with van der Waals surface area (Å²) in [4.78, 5) is 10.6. The molecule has 0 aromatic rings. The van der Waals surface area contributed by atoms with Gasteiger partial charge in [0.2, 0.25) is 0 Å². The second-order valence-corrected chi connectivity index (χ2v) is 4.96. The monoisotopic (exact) mass is 208 g/mol. The summed E-state index contributed by atoms with van der Waals surface area (Å²) in [6.45, 7) is 4.27. The van der Waals surface area contributed by atoms with Crippen LogP contribution in [0.4, 0.5) is 0 Å². The van der Waals surface area contributed by atoms with E-state index in [0.29, 0.717) is 0 Å². The second kappa shape index (κ2) is 6.81. The minimum Gasteiger partial charge on any atom is -0.303 e. The molecule has 86 valence electrons. The first-order valence-corrected chi connectivity index (χ1v) is 6.39. The van der Waals surface area contributed by atoms with E-state index in [1.54, 1.807) is 0 Å². The molecule has 15 heavy (non-hydrogen) atoms. The van der Waals surface area contributed by atoms with Crippen molar-refractivity contribution in [3.05, 3.63) is 11.6 Å². The van der Waals surface area contributed by atoms with Crippen molar-refractivity contribution in [2.75, 3.05) is 0 Å². The minimum absolute atomic E-state index is 0.212. The Labute approximate surface area is 93.9 Å². The van der Waals surface area contributed by atoms with Gasteiger partial charge in [-0.05, 0) is 31.6 Å². The molecule has 0 aromatic carbocycles. The van der Waals surface area contributed by atoms with E-state index in [-0.39, 0.29) is 5.92 Å². The standard InChI is InChI=1S/C14H24O/c1-3-4-5-13-6-8-14(9-7-13)10-12(2)11-15/h8,11-13H,3-7,9-10H2,1-2H3. The van der Waals surface area contributed by atoms with E-state index in [4.69, 9.17) is 0 Å². The molecule has 0 bridgehead atoms. The van der Waals surface area contributed by atoms with Crippen molar-refractivity contribution < 1.29 is 4.79 Å². The lowest BCUT2D eigenvalue weighted by molar-refractivity contribution is -0.110.